The summed E-state index contributed by atoms with van der Waals surface area (Å²) >= 11 is 3.39. The number of hydrogen-bond acceptors (Lipinski definition) is 4. The number of piperazine rings is 1. The zero-order valence-corrected chi connectivity index (χ0v) is 16.8. The Kier molecular flexibility index (Phi) is 8.65. The van der Waals surface area contributed by atoms with Crippen molar-refractivity contribution in [3.63, 3.8) is 0 Å². The number of hydrogen-bond donors (Lipinski definition) is 1. The number of halogens is 3. The van der Waals surface area contributed by atoms with E-state index in [4.69, 9.17) is 5.73 Å². The molecule has 1 fully saturated rings. The molecule has 0 bridgehead atoms. The van der Waals surface area contributed by atoms with Gasteiger partial charge >= 0.3 is 0 Å². The highest BCUT2D eigenvalue weighted by molar-refractivity contribution is 9.10. The van der Waals surface area contributed by atoms with Gasteiger partial charge in [0.05, 0.1) is 0 Å². The summed E-state index contributed by atoms with van der Waals surface area (Å²) in [6, 6.07) is 12.9. The summed E-state index contributed by atoms with van der Waals surface area (Å²) in [6.45, 7) is 2.86. The molecule has 1 aliphatic rings. The molecule has 1 unspecified atom stereocenters. The van der Waals surface area contributed by atoms with Gasteiger partial charge < -0.3 is 15.5 Å². The van der Waals surface area contributed by atoms with E-state index in [1.54, 1.807) is 6.20 Å². The van der Waals surface area contributed by atoms with Crippen LogP contribution in [0.2, 0.25) is 0 Å². The van der Waals surface area contributed by atoms with Crippen LogP contribution in [0.3, 0.4) is 0 Å². The monoisotopic (exact) mass is 446 g/mol. The van der Waals surface area contributed by atoms with Crippen LogP contribution in [0, 0.1) is 0 Å². The van der Waals surface area contributed by atoms with Gasteiger partial charge in [-0.1, -0.05) is 30.3 Å². The molecule has 1 amide bonds. The molecule has 1 aliphatic heterocycles. The van der Waals surface area contributed by atoms with Crippen LogP contribution in [0.1, 0.15) is 11.6 Å². The van der Waals surface area contributed by atoms with E-state index in [2.05, 4.69) is 25.8 Å². The molecule has 5 nitrogen and oxygen atoms in total. The average molecular weight is 448 g/mol. The van der Waals surface area contributed by atoms with Gasteiger partial charge in [-0.15, -0.1) is 24.8 Å². The molecular weight excluding hydrogens is 427 g/mol. The summed E-state index contributed by atoms with van der Waals surface area (Å²) in [5.74, 6) is 0.923. The Balaban J connectivity index is 0.00000156. The number of nitrogens with two attached hydrogens (primary N) is 1. The number of anilines is 1. The highest BCUT2D eigenvalue weighted by atomic mass is 79.9. The van der Waals surface area contributed by atoms with Gasteiger partial charge in [0.2, 0.25) is 5.91 Å². The van der Waals surface area contributed by atoms with E-state index in [0.717, 1.165) is 28.9 Å². The maximum Gasteiger partial charge on any atom is 0.244 e. The van der Waals surface area contributed by atoms with Crippen LogP contribution in [-0.2, 0) is 4.79 Å². The van der Waals surface area contributed by atoms with Gasteiger partial charge in [-0.05, 0) is 33.6 Å². The predicted octanol–water partition coefficient (Wildman–Crippen LogP) is 3.04. The van der Waals surface area contributed by atoms with E-state index < -0.39 is 6.04 Å². The number of rotatable bonds is 3. The Bertz CT molecular complexity index is 664. The minimum atomic E-state index is -0.589. The third kappa shape index (κ3) is 5.31. The second-order valence-corrected chi connectivity index (χ2v) is 6.45. The molecule has 8 heteroatoms. The quantitative estimate of drug-likeness (QED) is 0.785. The maximum absolute atomic E-state index is 12.5. The summed E-state index contributed by atoms with van der Waals surface area (Å²) < 4.78 is 0.962. The van der Waals surface area contributed by atoms with Crippen molar-refractivity contribution in [2.75, 3.05) is 31.1 Å². The van der Waals surface area contributed by atoms with Crippen LogP contribution in [0.5, 0.6) is 0 Å². The number of pyridine rings is 1. The molecule has 0 radical (unpaired) electrons. The van der Waals surface area contributed by atoms with Gasteiger partial charge in [-0.25, -0.2) is 4.98 Å². The van der Waals surface area contributed by atoms with E-state index in [9.17, 15) is 4.79 Å². The van der Waals surface area contributed by atoms with Crippen molar-refractivity contribution >= 4 is 52.5 Å². The lowest BCUT2D eigenvalue weighted by molar-refractivity contribution is -0.133. The first-order chi connectivity index (χ1) is 11.1. The largest absolute Gasteiger partial charge is 0.353 e. The summed E-state index contributed by atoms with van der Waals surface area (Å²) in [6.07, 6.45) is 1.79. The predicted molar refractivity (Wildman–Crippen MR) is 109 cm³/mol. The van der Waals surface area contributed by atoms with Crippen molar-refractivity contribution < 1.29 is 4.79 Å². The van der Waals surface area contributed by atoms with Crippen LogP contribution in [-0.4, -0.2) is 42.0 Å². The Labute approximate surface area is 168 Å². The number of aromatic nitrogens is 1. The van der Waals surface area contributed by atoms with Gasteiger partial charge in [0.25, 0.3) is 0 Å². The van der Waals surface area contributed by atoms with Gasteiger partial charge in [0.15, 0.2) is 0 Å². The fourth-order valence-corrected chi connectivity index (χ4v) is 2.95. The minimum absolute atomic E-state index is 0. The number of amides is 1. The van der Waals surface area contributed by atoms with Gasteiger partial charge in [-0.2, -0.15) is 0 Å². The van der Waals surface area contributed by atoms with E-state index in [0.29, 0.717) is 13.1 Å². The molecule has 1 aromatic carbocycles. The van der Waals surface area contributed by atoms with Crippen molar-refractivity contribution in [1.29, 1.82) is 0 Å². The SMILES string of the molecule is Cl.Cl.NC(C(=O)N1CCN(c2ccc(Br)cn2)CC1)c1ccccc1. The molecule has 2 N–H and O–H groups in total. The zero-order chi connectivity index (χ0) is 16.2. The fraction of sp³-hybridized carbons (Fsp3) is 0.294. The molecule has 2 aromatic rings. The molecular formula is C17H21BrCl2N4O. The van der Waals surface area contributed by atoms with Crippen molar-refractivity contribution in [2.24, 2.45) is 5.73 Å². The summed E-state index contributed by atoms with van der Waals surface area (Å²) in [7, 11) is 0. The molecule has 0 aliphatic carbocycles. The summed E-state index contributed by atoms with van der Waals surface area (Å²) in [4.78, 5) is 21.0. The second kappa shape index (κ2) is 9.97. The fourth-order valence-electron chi connectivity index (χ4n) is 2.71. The first kappa shape index (κ1) is 21.7. The van der Waals surface area contributed by atoms with Crippen molar-refractivity contribution in [1.82, 2.24) is 9.88 Å². The Hall–Kier alpha value is -1.34. The van der Waals surface area contributed by atoms with E-state index in [1.807, 2.05) is 47.4 Å². The third-order valence-electron chi connectivity index (χ3n) is 4.05. The lowest BCUT2D eigenvalue weighted by Crippen LogP contribution is -2.51. The van der Waals surface area contributed by atoms with Gasteiger partial charge in [0.1, 0.15) is 11.9 Å². The number of benzene rings is 1. The zero-order valence-electron chi connectivity index (χ0n) is 13.5. The van der Waals surface area contributed by atoms with E-state index in [1.165, 1.54) is 0 Å². The van der Waals surface area contributed by atoms with Crippen LogP contribution in [0.25, 0.3) is 0 Å². The first-order valence-corrected chi connectivity index (χ1v) is 8.40. The van der Waals surface area contributed by atoms with Crippen LogP contribution < -0.4 is 10.6 Å². The van der Waals surface area contributed by atoms with E-state index in [-0.39, 0.29) is 30.7 Å². The average Bonchev–Trinajstić information content (AvgIpc) is 2.62. The standard InChI is InChI=1S/C17H19BrN4O.2ClH/c18-14-6-7-15(20-12-14)21-8-10-22(11-9-21)17(23)16(19)13-4-2-1-3-5-13;;/h1-7,12,16H,8-11,19H2;2*1H. The molecule has 3 rings (SSSR count). The Morgan fingerprint density at radius 2 is 1.68 bits per heavy atom. The van der Waals surface area contributed by atoms with Crippen molar-refractivity contribution in [3.05, 3.63) is 58.7 Å². The van der Waals surface area contributed by atoms with Gasteiger partial charge in [0, 0.05) is 36.8 Å². The number of carbonyl (C=O) groups is 1. The Morgan fingerprint density at radius 3 is 2.24 bits per heavy atom. The molecule has 0 saturated carbocycles. The topological polar surface area (TPSA) is 62.5 Å². The molecule has 1 aromatic heterocycles. The van der Waals surface area contributed by atoms with Crippen LogP contribution >= 0.6 is 40.7 Å². The lowest BCUT2D eigenvalue weighted by atomic mass is 10.1. The van der Waals surface area contributed by atoms with Crippen LogP contribution in [0.4, 0.5) is 5.82 Å². The number of carbonyl (C=O) groups excluding carboxylic acids is 1. The summed E-state index contributed by atoms with van der Waals surface area (Å²) in [5, 5.41) is 0. The molecule has 1 atom stereocenters. The normalized spacial score (nSPS) is 15.0. The Morgan fingerprint density at radius 1 is 1.04 bits per heavy atom. The third-order valence-corrected chi connectivity index (χ3v) is 4.52. The smallest absolute Gasteiger partial charge is 0.244 e. The number of nitrogens with zero attached hydrogens (tertiary/aromatic N) is 3. The van der Waals surface area contributed by atoms with Crippen molar-refractivity contribution in [3.8, 4) is 0 Å². The summed E-state index contributed by atoms with van der Waals surface area (Å²) in [5.41, 5.74) is 6.97. The highest BCUT2D eigenvalue weighted by Gasteiger charge is 2.26. The lowest BCUT2D eigenvalue weighted by Gasteiger charge is -2.36. The first-order valence-electron chi connectivity index (χ1n) is 7.61. The van der Waals surface area contributed by atoms with Crippen LogP contribution in [0.15, 0.2) is 53.1 Å². The van der Waals surface area contributed by atoms with Crippen molar-refractivity contribution in [2.45, 2.75) is 6.04 Å². The molecule has 2 heterocycles. The molecule has 0 spiro atoms. The molecule has 1 saturated heterocycles. The molecule has 25 heavy (non-hydrogen) atoms. The van der Waals surface area contributed by atoms with E-state index >= 15 is 0 Å². The second-order valence-electron chi connectivity index (χ2n) is 5.54. The maximum atomic E-state index is 12.5. The molecule has 136 valence electrons. The highest BCUT2D eigenvalue weighted by Crippen LogP contribution is 2.18. The van der Waals surface area contributed by atoms with Gasteiger partial charge in [-0.3, -0.25) is 4.79 Å². The minimum Gasteiger partial charge on any atom is -0.353 e.